The molecule has 0 spiro atoms. The fraction of sp³-hybridized carbons (Fsp3) is 0.667. The summed E-state index contributed by atoms with van der Waals surface area (Å²) in [5.41, 5.74) is 2.86. The van der Waals surface area contributed by atoms with Crippen molar-refractivity contribution in [3.63, 3.8) is 0 Å². The van der Waals surface area contributed by atoms with E-state index >= 15 is 0 Å². The topological polar surface area (TPSA) is 21.3 Å². The second kappa shape index (κ2) is 7.80. The van der Waals surface area contributed by atoms with Gasteiger partial charge >= 0.3 is 0 Å². The zero-order chi connectivity index (χ0) is 14.4. The lowest BCUT2D eigenvalue weighted by atomic mass is 9.86. The van der Waals surface area contributed by atoms with Crippen LogP contribution in [0.3, 0.4) is 0 Å². The highest BCUT2D eigenvalue weighted by atomic mass is 16.5. The van der Waals surface area contributed by atoms with Crippen LogP contribution in [0, 0.1) is 5.92 Å². The average molecular weight is 275 g/mol. The third kappa shape index (κ3) is 3.62. The van der Waals surface area contributed by atoms with E-state index in [-0.39, 0.29) is 0 Å². The molecule has 2 nitrogen and oxygen atoms in total. The highest BCUT2D eigenvalue weighted by Crippen LogP contribution is 2.34. The summed E-state index contributed by atoms with van der Waals surface area (Å²) in [6.45, 7) is 5.38. The number of benzene rings is 1. The van der Waals surface area contributed by atoms with Gasteiger partial charge in [-0.3, -0.25) is 0 Å². The monoisotopic (exact) mass is 275 g/mol. The number of rotatable bonds is 7. The van der Waals surface area contributed by atoms with Gasteiger partial charge < -0.3 is 10.1 Å². The quantitative estimate of drug-likeness (QED) is 0.808. The van der Waals surface area contributed by atoms with Crippen LogP contribution in [0.1, 0.15) is 56.7 Å². The average Bonchev–Trinajstić information content (AvgIpc) is 2.95. The van der Waals surface area contributed by atoms with Gasteiger partial charge in [-0.15, -0.1) is 0 Å². The second-order valence-corrected chi connectivity index (χ2v) is 5.88. The second-order valence-electron chi connectivity index (χ2n) is 5.88. The van der Waals surface area contributed by atoms with Crippen molar-refractivity contribution < 1.29 is 4.74 Å². The van der Waals surface area contributed by atoms with Crippen molar-refractivity contribution in [1.29, 1.82) is 0 Å². The van der Waals surface area contributed by atoms with Crippen molar-refractivity contribution in [3.05, 3.63) is 35.4 Å². The lowest BCUT2D eigenvalue weighted by molar-refractivity contribution is 0.0782. The van der Waals surface area contributed by atoms with E-state index in [2.05, 4.69) is 50.5 Å². The van der Waals surface area contributed by atoms with E-state index in [1.54, 1.807) is 0 Å². The molecule has 1 heterocycles. The van der Waals surface area contributed by atoms with Gasteiger partial charge in [0.15, 0.2) is 0 Å². The predicted octanol–water partition coefficient (Wildman–Crippen LogP) is 4.10. The summed E-state index contributed by atoms with van der Waals surface area (Å²) in [4.78, 5) is 0. The molecule has 0 amide bonds. The molecule has 1 aliphatic rings. The zero-order valence-electron chi connectivity index (χ0n) is 13.2. The maximum Gasteiger partial charge on any atom is 0.0619 e. The molecule has 1 aromatic rings. The summed E-state index contributed by atoms with van der Waals surface area (Å²) in [6, 6.07) is 9.62. The first-order valence-corrected chi connectivity index (χ1v) is 8.17. The third-order valence-corrected chi connectivity index (χ3v) is 4.56. The Morgan fingerprint density at radius 1 is 1.25 bits per heavy atom. The lowest BCUT2D eigenvalue weighted by Crippen LogP contribution is -2.30. The molecule has 1 aliphatic heterocycles. The smallest absolute Gasteiger partial charge is 0.0619 e. The summed E-state index contributed by atoms with van der Waals surface area (Å²) < 4.78 is 5.86. The Hall–Kier alpha value is -0.860. The van der Waals surface area contributed by atoms with Crippen LogP contribution in [0.2, 0.25) is 0 Å². The lowest BCUT2D eigenvalue weighted by Gasteiger charge is -2.27. The highest BCUT2D eigenvalue weighted by Gasteiger charge is 2.33. The van der Waals surface area contributed by atoms with Crippen LogP contribution in [-0.4, -0.2) is 19.8 Å². The van der Waals surface area contributed by atoms with Gasteiger partial charge in [0.25, 0.3) is 0 Å². The van der Waals surface area contributed by atoms with E-state index in [0.717, 1.165) is 13.0 Å². The molecular formula is C18H29NO. The summed E-state index contributed by atoms with van der Waals surface area (Å²) >= 11 is 0. The molecule has 3 atom stereocenters. The first kappa shape index (κ1) is 15.5. The highest BCUT2D eigenvalue weighted by molar-refractivity contribution is 5.26. The number of ether oxygens (including phenoxy) is 1. The van der Waals surface area contributed by atoms with Gasteiger partial charge in [0.1, 0.15) is 0 Å². The van der Waals surface area contributed by atoms with Crippen molar-refractivity contribution in [2.24, 2.45) is 5.92 Å². The van der Waals surface area contributed by atoms with E-state index in [1.165, 1.54) is 36.8 Å². The minimum atomic E-state index is 0.409. The maximum atomic E-state index is 5.86. The van der Waals surface area contributed by atoms with Crippen molar-refractivity contribution in [1.82, 2.24) is 5.32 Å². The molecule has 0 aromatic heterocycles. The van der Waals surface area contributed by atoms with Crippen molar-refractivity contribution in [2.75, 3.05) is 13.7 Å². The fourth-order valence-electron chi connectivity index (χ4n) is 3.37. The Morgan fingerprint density at radius 3 is 2.60 bits per heavy atom. The molecule has 1 saturated heterocycles. The number of unbranched alkanes of at least 4 members (excludes halogenated alkanes) is 1. The molecule has 2 heteroatoms. The van der Waals surface area contributed by atoms with Crippen LogP contribution < -0.4 is 5.32 Å². The Labute approximate surface area is 123 Å². The van der Waals surface area contributed by atoms with Crippen LogP contribution in [0.25, 0.3) is 0 Å². The van der Waals surface area contributed by atoms with E-state index in [0.29, 0.717) is 18.1 Å². The number of aryl methyl sites for hydroxylation is 1. The normalized spacial score (nSPS) is 23.9. The molecule has 0 aliphatic carbocycles. The first-order chi connectivity index (χ1) is 9.80. The Kier molecular flexibility index (Phi) is 6.06. The SMILES string of the molecule is CCCCc1ccc(C(NC)C2CCOC2CC)cc1. The summed E-state index contributed by atoms with van der Waals surface area (Å²) in [5.74, 6) is 0.603. The van der Waals surface area contributed by atoms with Crippen LogP contribution in [0.4, 0.5) is 0 Å². The molecule has 3 unspecified atom stereocenters. The molecule has 1 aromatic carbocycles. The number of hydrogen-bond donors (Lipinski definition) is 1. The minimum Gasteiger partial charge on any atom is -0.378 e. The van der Waals surface area contributed by atoms with Crippen LogP contribution >= 0.6 is 0 Å². The molecule has 1 N–H and O–H groups in total. The number of hydrogen-bond acceptors (Lipinski definition) is 2. The van der Waals surface area contributed by atoms with Gasteiger partial charge in [-0.1, -0.05) is 44.5 Å². The van der Waals surface area contributed by atoms with Gasteiger partial charge in [0, 0.05) is 18.6 Å². The van der Waals surface area contributed by atoms with Crippen LogP contribution in [-0.2, 0) is 11.2 Å². The van der Waals surface area contributed by atoms with Crippen LogP contribution in [0.15, 0.2) is 24.3 Å². The third-order valence-electron chi connectivity index (χ3n) is 4.56. The fourth-order valence-corrected chi connectivity index (χ4v) is 3.37. The minimum absolute atomic E-state index is 0.409. The molecule has 1 fully saturated rings. The van der Waals surface area contributed by atoms with E-state index in [4.69, 9.17) is 4.74 Å². The van der Waals surface area contributed by atoms with E-state index in [9.17, 15) is 0 Å². The van der Waals surface area contributed by atoms with Gasteiger partial charge in [-0.2, -0.15) is 0 Å². The van der Waals surface area contributed by atoms with Gasteiger partial charge in [-0.05, 0) is 43.9 Å². The molecule has 20 heavy (non-hydrogen) atoms. The standard InChI is InChI=1S/C18H29NO/c1-4-6-7-14-8-10-15(11-9-14)18(19-3)16-12-13-20-17(16)5-2/h8-11,16-19H,4-7,12-13H2,1-3H3. The first-order valence-electron chi connectivity index (χ1n) is 8.17. The molecule has 112 valence electrons. The molecule has 0 saturated carbocycles. The maximum absolute atomic E-state index is 5.86. The Balaban J connectivity index is 2.07. The van der Waals surface area contributed by atoms with Gasteiger partial charge in [0.2, 0.25) is 0 Å². The summed E-state index contributed by atoms with van der Waals surface area (Å²) in [7, 11) is 2.07. The van der Waals surface area contributed by atoms with Crippen molar-refractivity contribution >= 4 is 0 Å². The van der Waals surface area contributed by atoms with Crippen LogP contribution in [0.5, 0.6) is 0 Å². The zero-order valence-corrected chi connectivity index (χ0v) is 13.2. The predicted molar refractivity (Wildman–Crippen MR) is 85.0 cm³/mol. The largest absolute Gasteiger partial charge is 0.378 e. The van der Waals surface area contributed by atoms with Gasteiger partial charge in [0.05, 0.1) is 6.10 Å². The van der Waals surface area contributed by atoms with Crippen molar-refractivity contribution in [3.8, 4) is 0 Å². The molecule has 0 radical (unpaired) electrons. The van der Waals surface area contributed by atoms with Crippen molar-refractivity contribution in [2.45, 2.75) is 58.1 Å². The number of nitrogens with one attached hydrogen (secondary N) is 1. The molecule has 2 rings (SSSR count). The van der Waals surface area contributed by atoms with Gasteiger partial charge in [-0.25, -0.2) is 0 Å². The van der Waals surface area contributed by atoms with E-state index < -0.39 is 0 Å². The summed E-state index contributed by atoms with van der Waals surface area (Å²) in [6.07, 6.45) is 6.43. The Morgan fingerprint density at radius 2 is 2.00 bits per heavy atom. The molecular weight excluding hydrogens is 246 g/mol. The summed E-state index contributed by atoms with van der Waals surface area (Å²) in [5, 5.41) is 3.51. The van der Waals surface area contributed by atoms with E-state index in [1.807, 2.05) is 0 Å². The Bertz CT molecular complexity index is 387. The molecule has 0 bridgehead atoms.